The second-order valence-electron chi connectivity index (χ2n) is 5.54. The normalized spacial score (nSPS) is 16.6. The number of piperazine rings is 1. The highest BCUT2D eigenvalue weighted by atomic mass is 35.5. The SMILES string of the molecule is CB(O)NCCS(=O)(=O)N1CCN(c2ccc(Cl)c(N)c2)CC1. The van der Waals surface area contributed by atoms with Gasteiger partial charge in [0.1, 0.15) is 0 Å². The first-order valence-corrected chi connectivity index (χ1v) is 9.47. The summed E-state index contributed by atoms with van der Waals surface area (Å²) < 4.78 is 26.0. The summed E-state index contributed by atoms with van der Waals surface area (Å²) in [7, 11) is -4.02. The molecule has 0 aliphatic carbocycles. The van der Waals surface area contributed by atoms with Crippen molar-refractivity contribution >= 4 is 40.0 Å². The molecule has 4 N–H and O–H groups in total. The predicted molar refractivity (Wildman–Crippen MR) is 95.3 cm³/mol. The van der Waals surface area contributed by atoms with Crippen LogP contribution in [0.3, 0.4) is 0 Å². The molecule has 0 atom stereocenters. The van der Waals surface area contributed by atoms with E-state index in [4.69, 9.17) is 22.4 Å². The van der Waals surface area contributed by atoms with Crippen molar-refractivity contribution < 1.29 is 13.4 Å². The van der Waals surface area contributed by atoms with E-state index in [0.29, 0.717) is 36.9 Å². The van der Waals surface area contributed by atoms with Crippen LogP contribution in [-0.2, 0) is 10.0 Å². The van der Waals surface area contributed by atoms with Crippen LogP contribution in [0, 0.1) is 0 Å². The lowest BCUT2D eigenvalue weighted by Gasteiger charge is -2.35. The summed E-state index contributed by atoms with van der Waals surface area (Å²) in [4.78, 5) is 2.09. The number of benzene rings is 1. The third-order valence-corrected chi connectivity index (χ3v) is 5.99. The highest BCUT2D eigenvalue weighted by Gasteiger charge is 2.27. The first-order valence-electron chi connectivity index (χ1n) is 7.49. The van der Waals surface area contributed by atoms with Gasteiger partial charge in [-0.15, -0.1) is 0 Å². The van der Waals surface area contributed by atoms with Gasteiger partial charge in [-0.05, 0) is 25.0 Å². The van der Waals surface area contributed by atoms with Crippen LogP contribution in [0.5, 0.6) is 0 Å². The minimum absolute atomic E-state index is 0.0220. The molecule has 0 saturated carbocycles. The fraction of sp³-hybridized carbons (Fsp3) is 0.538. The maximum atomic E-state index is 12.3. The minimum Gasteiger partial charge on any atom is -0.437 e. The summed E-state index contributed by atoms with van der Waals surface area (Å²) in [6.45, 7) is 3.85. The van der Waals surface area contributed by atoms with Crippen molar-refractivity contribution in [2.24, 2.45) is 0 Å². The summed E-state index contributed by atoms with van der Waals surface area (Å²) in [6.07, 6.45) is 0. The fourth-order valence-corrected chi connectivity index (χ4v) is 3.95. The van der Waals surface area contributed by atoms with Gasteiger partial charge in [-0.3, -0.25) is 0 Å². The molecule has 0 amide bonds. The summed E-state index contributed by atoms with van der Waals surface area (Å²) in [6, 6.07) is 5.44. The van der Waals surface area contributed by atoms with Crippen LogP contribution < -0.4 is 15.9 Å². The van der Waals surface area contributed by atoms with Crippen LogP contribution in [0.4, 0.5) is 11.4 Å². The van der Waals surface area contributed by atoms with Crippen LogP contribution in [0.2, 0.25) is 11.8 Å². The second-order valence-corrected chi connectivity index (χ2v) is 8.03. The molecule has 23 heavy (non-hydrogen) atoms. The van der Waals surface area contributed by atoms with E-state index in [-0.39, 0.29) is 12.3 Å². The van der Waals surface area contributed by atoms with E-state index in [1.54, 1.807) is 19.0 Å². The second kappa shape index (κ2) is 7.72. The molecule has 1 aliphatic rings. The molecule has 1 aromatic carbocycles. The number of nitrogens with two attached hydrogens (primary N) is 1. The Kier molecular flexibility index (Phi) is 6.16. The number of hydrogen-bond donors (Lipinski definition) is 3. The standard InChI is InChI=1S/C13H22BClN4O3S/c1-14(20)17-4-9-23(21,22)19-7-5-18(6-8-19)11-2-3-12(15)13(16)10-11/h2-3,10,17,20H,4-9,16H2,1H3. The van der Waals surface area contributed by atoms with Crippen LogP contribution >= 0.6 is 11.6 Å². The Labute approximate surface area is 142 Å². The van der Waals surface area contributed by atoms with E-state index in [1.165, 1.54) is 4.31 Å². The number of anilines is 2. The van der Waals surface area contributed by atoms with Gasteiger partial charge in [0, 0.05) is 38.4 Å². The molecule has 7 nitrogen and oxygen atoms in total. The number of nitrogens with zero attached hydrogens (tertiary/aromatic N) is 2. The van der Waals surface area contributed by atoms with Crippen molar-refractivity contribution in [1.29, 1.82) is 0 Å². The molecular weight excluding hydrogens is 339 g/mol. The number of halogens is 1. The summed E-state index contributed by atoms with van der Waals surface area (Å²) >= 11 is 5.92. The number of hydrogen-bond acceptors (Lipinski definition) is 6. The number of nitrogens with one attached hydrogen (secondary N) is 1. The third kappa shape index (κ3) is 4.99. The van der Waals surface area contributed by atoms with Crippen molar-refractivity contribution in [2.45, 2.75) is 6.82 Å². The topological polar surface area (TPSA) is 98.9 Å². The van der Waals surface area contributed by atoms with Crippen molar-refractivity contribution in [2.75, 3.05) is 49.1 Å². The van der Waals surface area contributed by atoms with Gasteiger partial charge in [-0.25, -0.2) is 8.42 Å². The molecule has 0 bridgehead atoms. The maximum Gasteiger partial charge on any atom is 0.373 e. The van der Waals surface area contributed by atoms with Crippen molar-refractivity contribution in [3.8, 4) is 0 Å². The van der Waals surface area contributed by atoms with Crippen molar-refractivity contribution in [3.05, 3.63) is 23.2 Å². The minimum atomic E-state index is -3.31. The van der Waals surface area contributed by atoms with Crippen LogP contribution in [0.15, 0.2) is 18.2 Å². The molecule has 2 rings (SSSR count). The molecule has 0 spiro atoms. The lowest BCUT2D eigenvalue weighted by molar-refractivity contribution is 0.385. The summed E-state index contributed by atoms with van der Waals surface area (Å²) in [5.74, 6) is -0.0220. The van der Waals surface area contributed by atoms with E-state index < -0.39 is 17.1 Å². The average Bonchev–Trinajstić information content (AvgIpc) is 2.49. The summed E-state index contributed by atoms with van der Waals surface area (Å²) in [5, 5.41) is 12.3. The van der Waals surface area contributed by atoms with Gasteiger partial charge in [0.25, 0.3) is 0 Å². The maximum absolute atomic E-state index is 12.3. The highest BCUT2D eigenvalue weighted by Crippen LogP contribution is 2.26. The van der Waals surface area contributed by atoms with E-state index in [1.807, 2.05) is 6.07 Å². The van der Waals surface area contributed by atoms with E-state index >= 15 is 0 Å². The van der Waals surface area contributed by atoms with Gasteiger partial charge in [0.15, 0.2) is 0 Å². The molecule has 1 saturated heterocycles. The largest absolute Gasteiger partial charge is 0.437 e. The van der Waals surface area contributed by atoms with Gasteiger partial charge < -0.3 is 20.9 Å². The van der Waals surface area contributed by atoms with Crippen LogP contribution in [0.25, 0.3) is 0 Å². The molecule has 1 aromatic rings. The molecule has 128 valence electrons. The van der Waals surface area contributed by atoms with Gasteiger partial charge in [-0.2, -0.15) is 4.31 Å². The number of nitrogen functional groups attached to an aromatic ring is 1. The molecule has 1 heterocycles. The molecule has 0 radical (unpaired) electrons. The van der Waals surface area contributed by atoms with E-state index in [2.05, 4.69) is 10.1 Å². The van der Waals surface area contributed by atoms with E-state index in [9.17, 15) is 8.42 Å². The molecule has 0 unspecified atom stereocenters. The van der Waals surface area contributed by atoms with Crippen LogP contribution in [-0.4, -0.2) is 63.3 Å². The Morgan fingerprint density at radius 1 is 1.35 bits per heavy atom. The Bertz CT molecular complexity index is 636. The summed E-state index contributed by atoms with van der Waals surface area (Å²) in [5.41, 5.74) is 7.27. The lowest BCUT2D eigenvalue weighted by Crippen LogP contribution is -2.50. The van der Waals surface area contributed by atoms with Gasteiger partial charge >= 0.3 is 7.05 Å². The third-order valence-electron chi connectivity index (χ3n) is 3.78. The molecule has 0 aromatic heterocycles. The first-order chi connectivity index (χ1) is 10.8. The van der Waals surface area contributed by atoms with Crippen molar-refractivity contribution in [3.63, 3.8) is 0 Å². The Hall–Kier alpha value is -0.995. The molecule has 1 fully saturated rings. The van der Waals surface area contributed by atoms with Gasteiger partial charge in [0.05, 0.1) is 16.5 Å². The molecular formula is C13H22BClN4O3S. The highest BCUT2D eigenvalue weighted by molar-refractivity contribution is 7.89. The molecule has 1 aliphatic heterocycles. The Balaban J connectivity index is 1.91. The molecule has 10 heteroatoms. The fourth-order valence-electron chi connectivity index (χ4n) is 2.48. The van der Waals surface area contributed by atoms with Crippen molar-refractivity contribution in [1.82, 2.24) is 9.53 Å². The zero-order chi connectivity index (χ0) is 17.0. The lowest BCUT2D eigenvalue weighted by atomic mass is 9.89. The van der Waals surface area contributed by atoms with Gasteiger partial charge in [0.2, 0.25) is 10.0 Å². The number of sulfonamides is 1. The Morgan fingerprint density at radius 3 is 2.57 bits per heavy atom. The van der Waals surface area contributed by atoms with E-state index in [0.717, 1.165) is 5.69 Å². The first kappa shape index (κ1) is 18.3. The number of rotatable bonds is 6. The predicted octanol–water partition coefficient (Wildman–Crippen LogP) is 0.0739. The zero-order valence-electron chi connectivity index (χ0n) is 13.1. The monoisotopic (exact) mass is 360 g/mol. The smallest absolute Gasteiger partial charge is 0.373 e. The Morgan fingerprint density at radius 2 is 2.00 bits per heavy atom. The van der Waals surface area contributed by atoms with Crippen LogP contribution in [0.1, 0.15) is 0 Å². The van der Waals surface area contributed by atoms with Gasteiger partial charge in [-0.1, -0.05) is 11.6 Å². The zero-order valence-corrected chi connectivity index (χ0v) is 14.6. The average molecular weight is 361 g/mol. The quantitative estimate of drug-likeness (QED) is 0.491.